The van der Waals surface area contributed by atoms with E-state index in [1.165, 1.54) is 6.26 Å². The van der Waals surface area contributed by atoms with Crippen LogP contribution in [0.4, 0.5) is 0 Å². The van der Waals surface area contributed by atoms with E-state index in [0.29, 0.717) is 37.9 Å². The highest BCUT2D eigenvalue weighted by Gasteiger charge is 2.25. The summed E-state index contributed by atoms with van der Waals surface area (Å²) < 4.78 is 10.8. The third kappa shape index (κ3) is 8.08. The number of amides is 1. The Morgan fingerprint density at radius 1 is 1.26 bits per heavy atom. The molecule has 0 aromatic carbocycles. The largest absolute Gasteiger partial charge is 0.459 e. The lowest BCUT2D eigenvalue weighted by molar-refractivity contribution is 0.0657. The fraction of sp³-hybridized carbons (Fsp3) is 0.684. The van der Waals surface area contributed by atoms with Gasteiger partial charge in [-0.2, -0.15) is 0 Å². The van der Waals surface area contributed by atoms with Crippen molar-refractivity contribution in [3.8, 4) is 0 Å². The summed E-state index contributed by atoms with van der Waals surface area (Å²) in [7, 11) is 0. The summed E-state index contributed by atoms with van der Waals surface area (Å²) in [5.74, 6) is 1.91. The van der Waals surface area contributed by atoms with E-state index in [1.54, 1.807) is 12.1 Å². The second-order valence-electron chi connectivity index (χ2n) is 6.79. The van der Waals surface area contributed by atoms with Crippen LogP contribution in [0.5, 0.6) is 0 Å². The number of hydrogen-bond acceptors (Lipinski definition) is 4. The fourth-order valence-corrected chi connectivity index (χ4v) is 2.74. The predicted octanol–water partition coefficient (Wildman–Crippen LogP) is 2.68. The van der Waals surface area contributed by atoms with Crippen LogP contribution < -0.4 is 5.32 Å². The normalized spacial score (nSPS) is 15.0. The van der Waals surface area contributed by atoms with Crippen LogP contribution in [-0.4, -0.2) is 74.1 Å². The molecule has 1 N–H and O–H groups in total. The molecular weight excluding hydrogens is 459 g/mol. The molecule has 27 heavy (non-hydrogen) atoms. The number of nitrogens with zero attached hydrogens (tertiary/aromatic N) is 3. The van der Waals surface area contributed by atoms with Crippen molar-refractivity contribution in [3.05, 3.63) is 24.2 Å². The zero-order chi connectivity index (χ0) is 18.8. The number of piperazine rings is 1. The van der Waals surface area contributed by atoms with Gasteiger partial charge >= 0.3 is 0 Å². The van der Waals surface area contributed by atoms with Crippen LogP contribution in [0, 0.1) is 5.92 Å². The summed E-state index contributed by atoms with van der Waals surface area (Å²) in [4.78, 5) is 21.0. The van der Waals surface area contributed by atoms with Crippen LogP contribution in [0.25, 0.3) is 0 Å². The van der Waals surface area contributed by atoms with E-state index in [2.05, 4.69) is 36.0 Å². The molecule has 1 aromatic heterocycles. The molecule has 2 heterocycles. The zero-order valence-electron chi connectivity index (χ0n) is 16.6. The van der Waals surface area contributed by atoms with E-state index in [1.807, 2.05) is 4.90 Å². The van der Waals surface area contributed by atoms with Gasteiger partial charge in [0.15, 0.2) is 11.7 Å². The van der Waals surface area contributed by atoms with Crippen molar-refractivity contribution in [2.45, 2.75) is 27.2 Å². The SMILES string of the molecule is CCNC(=NCCOCCC(C)C)N1CCN(C(=O)c2ccco2)CC1.I. The van der Waals surface area contributed by atoms with Crippen molar-refractivity contribution in [3.63, 3.8) is 0 Å². The van der Waals surface area contributed by atoms with Gasteiger partial charge in [0.25, 0.3) is 5.91 Å². The van der Waals surface area contributed by atoms with E-state index >= 15 is 0 Å². The summed E-state index contributed by atoms with van der Waals surface area (Å²) in [6.07, 6.45) is 2.61. The van der Waals surface area contributed by atoms with Crippen molar-refractivity contribution in [2.24, 2.45) is 10.9 Å². The van der Waals surface area contributed by atoms with Gasteiger partial charge in [-0.15, -0.1) is 24.0 Å². The van der Waals surface area contributed by atoms with Gasteiger partial charge in [0.2, 0.25) is 0 Å². The molecule has 0 bridgehead atoms. The number of hydrogen-bond donors (Lipinski definition) is 1. The first-order valence-electron chi connectivity index (χ1n) is 9.55. The number of halogens is 1. The summed E-state index contributed by atoms with van der Waals surface area (Å²) >= 11 is 0. The van der Waals surface area contributed by atoms with Crippen molar-refractivity contribution in [2.75, 3.05) is 52.5 Å². The Hall–Kier alpha value is -1.29. The van der Waals surface area contributed by atoms with Crippen LogP contribution >= 0.6 is 24.0 Å². The minimum Gasteiger partial charge on any atom is -0.459 e. The molecule has 1 amide bonds. The number of carbonyl (C=O) groups is 1. The summed E-state index contributed by atoms with van der Waals surface area (Å²) in [5.41, 5.74) is 0. The molecule has 8 heteroatoms. The van der Waals surface area contributed by atoms with Crippen molar-refractivity contribution >= 4 is 35.8 Å². The first-order valence-corrected chi connectivity index (χ1v) is 9.55. The summed E-state index contributed by atoms with van der Waals surface area (Å²) in [5, 5.41) is 3.33. The standard InChI is InChI=1S/C19H32N4O3.HI/c1-4-20-19(21-8-15-25-14-7-16(2)3)23-11-9-22(10-12-23)18(24)17-6-5-13-26-17;/h5-6,13,16H,4,7-12,14-15H2,1-3H3,(H,20,21);1H. The number of rotatable bonds is 8. The monoisotopic (exact) mass is 492 g/mol. The highest BCUT2D eigenvalue weighted by atomic mass is 127. The van der Waals surface area contributed by atoms with Crippen LogP contribution in [-0.2, 0) is 4.74 Å². The minimum absolute atomic E-state index is 0. The molecule has 1 aromatic rings. The number of ether oxygens (including phenoxy) is 1. The van der Waals surface area contributed by atoms with Gasteiger partial charge in [-0.05, 0) is 31.4 Å². The van der Waals surface area contributed by atoms with E-state index < -0.39 is 0 Å². The molecular formula is C19H33IN4O3. The van der Waals surface area contributed by atoms with Crippen LogP contribution in [0.1, 0.15) is 37.7 Å². The lowest BCUT2D eigenvalue weighted by Crippen LogP contribution is -2.53. The van der Waals surface area contributed by atoms with Gasteiger partial charge in [-0.3, -0.25) is 9.79 Å². The quantitative estimate of drug-likeness (QED) is 0.262. The van der Waals surface area contributed by atoms with Gasteiger partial charge in [-0.25, -0.2) is 0 Å². The molecule has 1 aliphatic heterocycles. The maximum atomic E-state index is 12.3. The zero-order valence-corrected chi connectivity index (χ0v) is 19.0. The molecule has 2 rings (SSSR count). The van der Waals surface area contributed by atoms with Crippen LogP contribution in [0.15, 0.2) is 27.8 Å². The van der Waals surface area contributed by atoms with E-state index in [0.717, 1.165) is 38.6 Å². The molecule has 0 aliphatic carbocycles. The molecule has 0 saturated carbocycles. The first kappa shape index (κ1) is 23.7. The molecule has 0 radical (unpaired) electrons. The molecule has 0 spiro atoms. The smallest absolute Gasteiger partial charge is 0.289 e. The van der Waals surface area contributed by atoms with Crippen molar-refractivity contribution in [1.29, 1.82) is 0 Å². The third-order valence-corrected chi connectivity index (χ3v) is 4.27. The number of guanidine groups is 1. The summed E-state index contributed by atoms with van der Waals surface area (Å²) in [6.45, 7) is 12.2. The Morgan fingerprint density at radius 2 is 1.96 bits per heavy atom. The number of nitrogens with one attached hydrogen (secondary N) is 1. The van der Waals surface area contributed by atoms with Crippen molar-refractivity contribution in [1.82, 2.24) is 15.1 Å². The van der Waals surface area contributed by atoms with Gasteiger partial charge in [-0.1, -0.05) is 13.8 Å². The summed E-state index contributed by atoms with van der Waals surface area (Å²) in [6, 6.07) is 3.45. The maximum absolute atomic E-state index is 12.3. The Morgan fingerprint density at radius 3 is 2.56 bits per heavy atom. The fourth-order valence-electron chi connectivity index (χ4n) is 2.74. The molecule has 154 valence electrons. The lowest BCUT2D eigenvalue weighted by Gasteiger charge is -2.36. The van der Waals surface area contributed by atoms with Gasteiger partial charge in [0.1, 0.15) is 0 Å². The predicted molar refractivity (Wildman–Crippen MR) is 118 cm³/mol. The molecule has 0 atom stereocenters. The highest BCUT2D eigenvalue weighted by molar-refractivity contribution is 14.0. The number of furan rings is 1. The number of aliphatic imine (C=N–C) groups is 1. The second kappa shape index (κ2) is 13.0. The van der Waals surface area contributed by atoms with E-state index in [9.17, 15) is 4.79 Å². The average molecular weight is 492 g/mol. The average Bonchev–Trinajstić information content (AvgIpc) is 3.17. The minimum atomic E-state index is -0.0462. The first-order chi connectivity index (χ1) is 12.6. The Kier molecular flexibility index (Phi) is 11.4. The molecule has 0 unspecified atom stereocenters. The molecule has 1 fully saturated rings. The van der Waals surface area contributed by atoms with Gasteiger partial charge < -0.3 is 24.3 Å². The van der Waals surface area contributed by atoms with Gasteiger partial charge in [0.05, 0.1) is 19.4 Å². The Bertz CT molecular complexity index is 555. The van der Waals surface area contributed by atoms with Crippen LogP contribution in [0.2, 0.25) is 0 Å². The lowest BCUT2D eigenvalue weighted by atomic mass is 10.1. The van der Waals surface area contributed by atoms with E-state index in [4.69, 9.17) is 9.15 Å². The number of carbonyl (C=O) groups excluding carboxylic acids is 1. The second-order valence-corrected chi connectivity index (χ2v) is 6.79. The molecule has 7 nitrogen and oxygen atoms in total. The van der Waals surface area contributed by atoms with Gasteiger partial charge in [0, 0.05) is 39.3 Å². The molecule has 1 aliphatic rings. The highest BCUT2D eigenvalue weighted by Crippen LogP contribution is 2.09. The Labute approximate surface area is 179 Å². The van der Waals surface area contributed by atoms with E-state index in [-0.39, 0.29) is 29.9 Å². The Balaban J connectivity index is 0.00000364. The maximum Gasteiger partial charge on any atom is 0.289 e. The topological polar surface area (TPSA) is 70.3 Å². The third-order valence-electron chi connectivity index (χ3n) is 4.27. The molecule has 1 saturated heterocycles. The van der Waals surface area contributed by atoms with Crippen LogP contribution in [0.3, 0.4) is 0 Å². The van der Waals surface area contributed by atoms with Crippen molar-refractivity contribution < 1.29 is 13.9 Å².